The lowest BCUT2D eigenvalue weighted by atomic mass is 9.72. The SMILES string of the molecule is CC(=O)[C@H]1[C@@H]2CC[C@@H]([C@@H](OCc3ccccc3)C2)N1C(=O)OC(C)(C)C. The van der Waals surface area contributed by atoms with Crippen LogP contribution in [0.1, 0.15) is 52.5 Å². The lowest BCUT2D eigenvalue weighted by Crippen LogP contribution is -2.65. The fourth-order valence-corrected chi connectivity index (χ4v) is 4.23. The minimum absolute atomic E-state index is 0.0343. The number of carbonyl (C=O) groups is 2. The lowest BCUT2D eigenvalue weighted by molar-refractivity contribution is -0.146. The number of hydrogen-bond donors (Lipinski definition) is 0. The third kappa shape index (κ3) is 4.09. The molecule has 0 N–H and O–H groups in total. The van der Waals surface area contributed by atoms with E-state index in [1.807, 2.05) is 51.1 Å². The van der Waals surface area contributed by atoms with Crippen molar-refractivity contribution in [2.75, 3.05) is 0 Å². The molecule has 3 aliphatic rings. The summed E-state index contributed by atoms with van der Waals surface area (Å²) in [5.41, 5.74) is 0.524. The van der Waals surface area contributed by atoms with Crippen molar-refractivity contribution in [2.45, 2.75) is 77.4 Å². The molecule has 1 saturated carbocycles. The van der Waals surface area contributed by atoms with Gasteiger partial charge >= 0.3 is 6.09 Å². The summed E-state index contributed by atoms with van der Waals surface area (Å²) in [6.45, 7) is 7.63. The van der Waals surface area contributed by atoms with Gasteiger partial charge in [0.15, 0.2) is 5.78 Å². The number of piperidine rings is 2. The van der Waals surface area contributed by atoms with Gasteiger partial charge in [0.2, 0.25) is 0 Å². The Morgan fingerprint density at radius 2 is 1.85 bits per heavy atom. The van der Waals surface area contributed by atoms with Crippen LogP contribution in [0.2, 0.25) is 0 Å². The first-order valence-corrected chi connectivity index (χ1v) is 9.43. The molecule has 4 atom stereocenters. The summed E-state index contributed by atoms with van der Waals surface area (Å²) in [4.78, 5) is 26.8. The van der Waals surface area contributed by atoms with Gasteiger partial charge in [0, 0.05) is 0 Å². The molecule has 4 rings (SSSR count). The summed E-state index contributed by atoms with van der Waals surface area (Å²) >= 11 is 0. The van der Waals surface area contributed by atoms with Crippen LogP contribution >= 0.6 is 0 Å². The molecule has 0 spiro atoms. The van der Waals surface area contributed by atoms with Crippen LogP contribution in [0.4, 0.5) is 4.79 Å². The maximum atomic E-state index is 12.8. The van der Waals surface area contributed by atoms with Crippen LogP contribution in [0, 0.1) is 5.92 Å². The van der Waals surface area contributed by atoms with Crippen molar-refractivity contribution >= 4 is 11.9 Å². The number of fused-ring (bicyclic) bond motifs is 3. The van der Waals surface area contributed by atoms with Gasteiger partial charge in [-0.2, -0.15) is 0 Å². The molecular formula is C21H29NO4. The fourth-order valence-electron chi connectivity index (χ4n) is 4.23. The Hall–Kier alpha value is -1.88. The van der Waals surface area contributed by atoms with Gasteiger partial charge in [-0.3, -0.25) is 9.69 Å². The highest BCUT2D eigenvalue weighted by Gasteiger charge is 2.52. The maximum Gasteiger partial charge on any atom is 0.411 e. The molecular weight excluding hydrogens is 330 g/mol. The smallest absolute Gasteiger partial charge is 0.411 e. The number of ketones is 1. The van der Waals surface area contributed by atoms with Crippen LogP contribution < -0.4 is 0 Å². The van der Waals surface area contributed by atoms with Crippen molar-refractivity contribution in [1.82, 2.24) is 4.90 Å². The number of ether oxygens (including phenoxy) is 2. The van der Waals surface area contributed by atoms with Gasteiger partial charge < -0.3 is 9.47 Å². The quantitative estimate of drug-likeness (QED) is 0.817. The first-order chi connectivity index (χ1) is 12.3. The van der Waals surface area contributed by atoms with Crippen LogP contribution in [0.3, 0.4) is 0 Å². The molecule has 2 saturated heterocycles. The fraction of sp³-hybridized carbons (Fsp3) is 0.619. The maximum absolute atomic E-state index is 12.8. The van der Waals surface area contributed by atoms with E-state index in [2.05, 4.69) is 0 Å². The van der Waals surface area contributed by atoms with Gasteiger partial charge in [-0.05, 0) is 58.4 Å². The molecule has 1 amide bonds. The van der Waals surface area contributed by atoms with Gasteiger partial charge in [-0.15, -0.1) is 0 Å². The van der Waals surface area contributed by atoms with Crippen LogP contribution in [0.15, 0.2) is 30.3 Å². The van der Waals surface area contributed by atoms with Crippen molar-refractivity contribution in [3.63, 3.8) is 0 Å². The Morgan fingerprint density at radius 3 is 2.46 bits per heavy atom. The van der Waals surface area contributed by atoms with Crippen molar-refractivity contribution in [3.05, 3.63) is 35.9 Å². The number of rotatable bonds is 4. The molecule has 2 bridgehead atoms. The zero-order valence-corrected chi connectivity index (χ0v) is 16.1. The monoisotopic (exact) mass is 359 g/mol. The van der Waals surface area contributed by atoms with E-state index < -0.39 is 11.7 Å². The predicted molar refractivity (Wildman–Crippen MR) is 98.7 cm³/mol. The Balaban J connectivity index is 1.76. The van der Waals surface area contributed by atoms with Crippen molar-refractivity contribution in [2.24, 2.45) is 5.92 Å². The van der Waals surface area contributed by atoms with E-state index in [0.717, 1.165) is 24.8 Å². The summed E-state index contributed by atoms with van der Waals surface area (Å²) in [7, 11) is 0. The van der Waals surface area contributed by atoms with Crippen molar-refractivity contribution in [3.8, 4) is 0 Å². The number of amides is 1. The van der Waals surface area contributed by atoms with E-state index in [-0.39, 0.29) is 29.9 Å². The number of carbonyl (C=O) groups excluding carboxylic acids is 2. The zero-order valence-electron chi connectivity index (χ0n) is 16.1. The summed E-state index contributed by atoms with van der Waals surface area (Å²) in [5.74, 6) is 0.179. The average molecular weight is 359 g/mol. The lowest BCUT2D eigenvalue weighted by Gasteiger charge is -2.53. The molecule has 1 aromatic carbocycles. The standard InChI is InChI=1S/C21H29NO4/c1-14(23)19-16-10-11-17(22(19)20(24)26-21(2,3)4)18(12-16)25-13-15-8-6-5-7-9-15/h5-9,16-19H,10-13H2,1-4H3/t16-,17+,18+,19+/m1/s1. The summed E-state index contributed by atoms with van der Waals surface area (Å²) < 4.78 is 11.8. The molecule has 0 radical (unpaired) electrons. The molecule has 2 aliphatic heterocycles. The molecule has 1 aromatic rings. The number of nitrogens with zero attached hydrogens (tertiary/aromatic N) is 1. The second-order valence-corrected chi connectivity index (χ2v) is 8.42. The van der Waals surface area contributed by atoms with Gasteiger partial charge in [-0.1, -0.05) is 30.3 Å². The second kappa shape index (κ2) is 7.39. The zero-order chi connectivity index (χ0) is 18.9. The van der Waals surface area contributed by atoms with Crippen LogP contribution in [-0.4, -0.2) is 40.6 Å². The number of Topliss-reactive ketones (excluding diaryl/α,β-unsaturated/α-hetero) is 1. The third-order valence-electron chi connectivity index (χ3n) is 5.23. The summed E-state index contributed by atoms with van der Waals surface area (Å²) in [6.07, 6.45) is 2.17. The minimum atomic E-state index is -0.588. The van der Waals surface area contributed by atoms with E-state index in [1.54, 1.807) is 11.8 Å². The number of hydrogen-bond acceptors (Lipinski definition) is 4. The van der Waals surface area contributed by atoms with Gasteiger partial charge in [0.1, 0.15) is 5.60 Å². The van der Waals surface area contributed by atoms with E-state index >= 15 is 0 Å². The summed E-state index contributed by atoms with van der Waals surface area (Å²) in [5, 5.41) is 0. The highest BCUT2D eigenvalue weighted by molar-refractivity contribution is 5.86. The topological polar surface area (TPSA) is 55.8 Å². The highest BCUT2D eigenvalue weighted by atomic mass is 16.6. The van der Waals surface area contributed by atoms with Gasteiger partial charge in [0.25, 0.3) is 0 Å². The average Bonchev–Trinajstić information content (AvgIpc) is 2.59. The van der Waals surface area contributed by atoms with E-state index in [4.69, 9.17) is 9.47 Å². The Bertz CT molecular complexity index is 652. The molecule has 0 unspecified atom stereocenters. The molecule has 5 nitrogen and oxygen atoms in total. The van der Waals surface area contributed by atoms with Crippen LogP contribution in [0.25, 0.3) is 0 Å². The minimum Gasteiger partial charge on any atom is -0.444 e. The molecule has 142 valence electrons. The largest absolute Gasteiger partial charge is 0.444 e. The second-order valence-electron chi connectivity index (χ2n) is 8.42. The first kappa shape index (κ1) is 18.9. The molecule has 0 aromatic heterocycles. The van der Waals surface area contributed by atoms with Crippen LogP contribution in [0.5, 0.6) is 0 Å². The van der Waals surface area contributed by atoms with Gasteiger partial charge in [-0.25, -0.2) is 4.79 Å². The normalized spacial score (nSPS) is 28.1. The van der Waals surface area contributed by atoms with Gasteiger partial charge in [0.05, 0.1) is 24.8 Å². The molecule has 2 heterocycles. The Kier molecular flexibility index (Phi) is 5.37. The van der Waals surface area contributed by atoms with Crippen molar-refractivity contribution < 1.29 is 19.1 Å². The first-order valence-electron chi connectivity index (χ1n) is 9.43. The molecule has 5 heteroatoms. The molecule has 3 fully saturated rings. The van der Waals surface area contributed by atoms with E-state index in [0.29, 0.717) is 6.61 Å². The predicted octanol–water partition coefficient (Wildman–Crippen LogP) is 3.95. The Morgan fingerprint density at radius 1 is 1.15 bits per heavy atom. The molecule has 1 aliphatic carbocycles. The number of benzene rings is 1. The summed E-state index contributed by atoms with van der Waals surface area (Å²) in [6, 6.07) is 9.53. The molecule has 26 heavy (non-hydrogen) atoms. The Labute approximate surface area is 155 Å². The van der Waals surface area contributed by atoms with Crippen molar-refractivity contribution in [1.29, 1.82) is 0 Å². The van der Waals surface area contributed by atoms with E-state index in [1.165, 1.54) is 0 Å². The highest BCUT2D eigenvalue weighted by Crippen LogP contribution is 2.42. The third-order valence-corrected chi connectivity index (χ3v) is 5.23. The van der Waals surface area contributed by atoms with Crippen LogP contribution in [-0.2, 0) is 20.9 Å². The van der Waals surface area contributed by atoms with E-state index in [9.17, 15) is 9.59 Å².